The molecule has 0 aliphatic heterocycles. The first-order valence-electron chi connectivity index (χ1n) is 5.81. The van der Waals surface area contributed by atoms with E-state index in [9.17, 15) is 9.18 Å². The van der Waals surface area contributed by atoms with Crippen molar-refractivity contribution in [1.29, 1.82) is 0 Å². The summed E-state index contributed by atoms with van der Waals surface area (Å²) in [5, 5.41) is 3.79. The van der Waals surface area contributed by atoms with Gasteiger partial charge in [-0.25, -0.2) is 9.82 Å². The summed E-state index contributed by atoms with van der Waals surface area (Å²) in [5.41, 5.74) is 4.59. The predicted molar refractivity (Wildman–Crippen MR) is 72.6 cm³/mol. The van der Waals surface area contributed by atoms with Crippen molar-refractivity contribution in [3.63, 3.8) is 0 Å². The number of carbonyl (C=O) groups is 1. The third-order valence-corrected chi connectivity index (χ3v) is 2.54. The fourth-order valence-electron chi connectivity index (χ4n) is 1.52. The Kier molecular flexibility index (Phi) is 4.03. The van der Waals surface area contributed by atoms with Gasteiger partial charge in [0.2, 0.25) is 0 Å². The van der Waals surface area contributed by atoms with Crippen LogP contribution in [0.5, 0.6) is 0 Å². The number of hydrogen-bond acceptors (Lipinski definition) is 2. The average molecular weight is 256 g/mol. The molecule has 0 aliphatic carbocycles. The van der Waals surface area contributed by atoms with Gasteiger partial charge in [0, 0.05) is 5.56 Å². The zero-order valence-electron chi connectivity index (χ0n) is 10.4. The second kappa shape index (κ2) is 5.91. The van der Waals surface area contributed by atoms with Crippen LogP contribution in [-0.4, -0.2) is 12.1 Å². The molecule has 1 N–H and O–H groups in total. The first kappa shape index (κ1) is 13.0. The van der Waals surface area contributed by atoms with E-state index in [4.69, 9.17) is 0 Å². The van der Waals surface area contributed by atoms with E-state index in [-0.39, 0.29) is 11.7 Å². The van der Waals surface area contributed by atoms with Crippen molar-refractivity contribution in [2.45, 2.75) is 6.92 Å². The van der Waals surface area contributed by atoms with E-state index in [0.29, 0.717) is 11.1 Å². The third kappa shape index (κ3) is 3.74. The van der Waals surface area contributed by atoms with Gasteiger partial charge in [-0.15, -0.1) is 0 Å². The highest BCUT2D eigenvalue weighted by atomic mass is 19.1. The number of hydrogen-bond donors (Lipinski definition) is 1. The topological polar surface area (TPSA) is 41.5 Å². The first-order valence-corrected chi connectivity index (χ1v) is 5.81. The predicted octanol–water partition coefficient (Wildman–Crippen LogP) is 2.90. The van der Waals surface area contributed by atoms with E-state index in [1.165, 1.54) is 18.3 Å². The number of aryl methyl sites for hydroxylation is 1. The maximum atomic E-state index is 12.9. The number of rotatable bonds is 3. The highest BCUT2D eigenvalue weighted by molar-refractivity contribution is 5.94. The molecule has 0 spiro atoms. The molecule has 2 rings (SSSR count). The summed E-state index contributed by atoms with van der Waals surface area (Å²) in [4.78, 5) is 11.7. The van der Waals surface area contributed by atoms with Crippen LogP contribution in [-0.2, 0) is 0 Å². The largest absolute Gasteiger partial charge is 0.271 e. The Bertz CT molecular complexity index is 606. The smallest absolute Gasteiger partial charge is 0.267 e. The Labute approximate surface area is 110 Å². The summed E-state index contributed by atoms with van der Waals surface area (Å²) in [7, 11) is 0. The Hall–Kier alpha value is -2.49. The van der Waals surface area contributed by atoms with Gasteiger partial charge in [0.15, 0.2) is 0 Å². The SMILES string of the molecule is Cc1ccc(C(=O)N/N=C\c2cccc(F)c2)cc1. The van der Waals surface area contributed by atoms with Gasteiger partial charge in [-0.05, 0) is 36.8 Å². The van der Waals surface area contributed by atoms with Gasteiger partial charge in [0.25, 0.3) is 5.91 Å². The normalized spacial score (nSPS) is 10.6. The summed E-state index contributed by atoms with van der Waals surface area (Å²) >= 11 is 0. The lowest BCUT2D eigenvalue weighted by atomic mass is 10.1. The zero-order chi connectivity index (χ0) is 13.7. The summed E-state index contributed by atoms with van der Waals surface area (Å²) in [6.07, 6.45) is 1.40. The third-order valence-electron chi connectivity index (χ3n) is 2.54. The van der Waals surface area contributed by atoms with Crippen LogP contribution in [0.1, 0.15) is 21.5 Å². The van der Waals surface area contributed by atoms with Crippen molar-refractivity contribution in [3.05, 3.63) is 71.0 Å². The Morgan fingerprint density at radius 1 is 1.21 bits per heavy atom. The molecular weight excluding hydrogens is 243 g/mol. The number of halogens is 1. The fraction of sp³-hybridized carbons (Fsp3) is 0.0667. The van der Waals surface area contributed by atoms with E-state index < -0.39 is 0 Å². The molecule has 1 amide bonds. The van der Waals surface area contributed by atoms with Crippen LogP contribution < -0.4 is 5.43 Å². The Morgan fingerprint density at radius 2 is 1.95 bits per heavy atom. The van der Waals surface area contributed by atoms with Gasteiger partial charge >= 0.3 is 0 Å². The molecule has 2 aromatic rings. The number of carbonyl (C=O) groups excluding carboxylic acids is 1. The standard InChI is InChI=1S/C15H13FN2O/c1-11-5-7-13(8-6-11)15(19)18-17-10-12-3-2-4-14(16)9-12/h2-10H,1H3,(H,18,19)/b17-10-. The number of benzene rings is 2. The lowest BCUT2D eigenvalue weighted by Gasteiger charge is -2.00. The van der Waals surface area contributed by atoms with Crippen LogP contribution in [0.4, 0.5) is 4.39 Å². The number of amides is 1. The maximum Gasteiger partial charge on any atom is 0.271 e. The summed E-state index contributed by atoms with van der Waals surface area (Å²) < 4.78 is 12.9. The van der Waals surface area contributed by atoms with E-state index in [0.717, 1.165) is 5.56 Å². The Balaban J connectivity index is 1.98. The highest BCUT2D eigenvalue weighted by Crippen LogP contribution is 2.03. The maximum absolute atomic E-state index is 12.9. The summed E-state index contributed by atoms with van der Waals surface area (Å²) in [6.45, 7) is 1.95. The van der Waals surface area contributed by atoms with Crippen LogP contribution in [0.15, 0.2) is 53.6 Å². The molecule has 0 bridgehead atoms. The van der Waals surface area contributed by atoms with Gasteiger partial charge in [0.1, 0.15) is 5.82 Å². The minimum Gasteiger partial charge on any atom is -0.267 e. The molecular formula is C15H13FN2O. The van der Waals surface area contributed by atoms with Crippen LogP contribution >= 0.6 is 0 Å². The van der Waals surface area contributed by atoms with E-state index in [1.807, 2.05) is 19.1 Å². The van der Waals surface area contributed by atoms with E-state index in [2.05, 4.69) is 10.5 Å². The minimum atomic E-state index is -0.339. The molecule has 0 aliphatic rings. The molecule has 0 heterocycles. The molecule has 0 atom stereocenters. The van der Waals surface area contributed by atoms with Crippen molar-refractivity contribution < 1.29 is 9.18 Å². The van der Waals surface area contributed by atoms with Crippen molar-refractivity contribution in [2.24, 2.45) is 5.10 Å². The molecule has 19 heavy (non-hydrogen) atoms. The Morgan fingerprint density at radius 3 is 2.63 bits per heavy atom. The van der Waals surface area contributed by atoms with Crippen LogP contribution in [0.3, 0.4) is 0 Å². The molecule has 4 heteroatoms. The average Bonchev–Trinajstić information content (AvgIpc) is 2.39. The molecule has 3 nitrogen and oxygen atoms in total. The van der Waals surface area contributed by atoms with Crippen LogP contribution in [0, 0.1) is 12.7 Å². The lowest BCUT2D eigenvalue weighted by molar-refractivity contribution is 0.0955. The molecule has 2 aromatic carbocycles. The quantitative estimate of drug-likeness (QED) is 0.665. The minimum absolute atomic E-state index is 0.298. The molecule has 0 fully saturated rings. The first-order chi connectivity index (χ1) is 9.15. The van der Waals surface area contributed by atoms with E-state index >= 15 is 0 Å². The van der Waals surface area contributed by atoms with E-state index in [1.54, 1.807) is 24.3 Å². The molecule has 0 saturated carbocycles. The van der Waals surface area contributed by atoms with Crippen molar-refractivity contribution >= 4 is 12.1 Å². The van der Waals surface area contributed by atoms with Gasteiger partial charge in [-0.1, -0.05) is 29.8 Å². The van der Waals surface area contributed by atoms with Gasteiger partial charge in [-0.2, -0.15) is 5.10 Å². The van der Waals surface area contributed by atoms with Crippen LogP contribution in [0.2, 0.25) is 0 Å². The summed E-state index contributed by atoms with van der Waals surface area (Å²) in [6, 6.07) is 13.1. The lowest BCUT2D eigenvalue weighted by Crippen LogP contribution is -2.17. The molecule has 96 valence electrons. The number of hydrazone groups is 1. The molecule has 0 saturated heterocycles. The number of nitrogens with one attached hydrogen (secondary N) is 1. The molecule has 0 unspecified atom stereocenters. The summed E-state index contributed by atoms with van der Waals surface area (Å²) in [5.74, 6) is -0.638. The van der Waals surface area contributed by atoms with Crippen molar-refractivity contribution in [3.8, 4) is 0 Å². The van der Waals surface area contributed by atoms with Crippen LogP contribution in [0.25, 0.3) is 0 Å². The van der Waals surface area contributed by atoms with Gasteiger partial charge in [-0.3, -0.25) is 4.79 Å². The van der Waals surface area contributed by atoms with Gasteiger partial charge in [0.05, 0.1) is 6.21 Å². The zero-order valence-corrected chi connectivity index (χ0v) is 10.4. The monoisotopic (exact) mass is 256 g/mol. The second-order valence-electron chi connectivity index (χ2n) is 4.12. The van der Waals surface area contributed by atoms with Crippen molar-refractivity contribution in [1.82, 2.24) is 5.43 Å². The molecule has 0 radical (unpaired) electrons. The highest BCUT2D eigenvalue weighted by Gasteiger charge is 2.02. The second-order valence-corrected chi connectivity index (χ2v) is 4.12. The molecule has 0 aromatic heterocycles. The van der Waals surface area contributed by atoms with Gasteiger partial charge < -0.3 is 0 Å². The van der Waals surface area contributed by atoms with Crippen molar-refractivity contribution in [2.75, 3.05) is 0 Å². The number of nitrogens with zero attached hydrogens (tertiary/aromatic N) is 1. The fourth-order valence-corrected chi connectivity index (χ4v) is 1.52.